The van der Waals surface area contributed by atoms with Gasteiger partial charge in [-0.3, -0.25) is 4.79 Å². The Morgan fingerprint density at radius 1 is 0.905 bits per heavy atom. The van der Waals surface area contributed by atoms with Crippen LogP contribution in [0.15, 0.2) is 24.3 Å². The van der Waals surface area contributed by atoms with Crippen LogP contribution in [0, 0.1) is 0 Å². The lowest BCUT2D eigenvalue weighted by atomic mass is 9.97. The second-order valence-corrected chi connectivity index (χ2v) is 4.51. The quantitative estimate of drug-likeness (QED) is 0.436. The average molecular weight is 290 g/mol. The van der Waals surface area contributed by atoms with Gasteiger partial charge in [0, 0.05) is 6.07 Å². The molecule has 6 heteroatoms. The number of phenols is 5. The van der Waals surface area contributed by atoms with Crippen molar-refractivity contribution < 1.29 is 30.3 Å². The molecule has 2 aromatic carbocycles. The summed E-state index contributed by atoms with van der Waals surface area (Å²) in [6.07, 6.45) is 0.335. The molecule has 21 heavy (non-hydrogen) atoms. The Morgan fingerprint density at radius 2 is 1.57 bits per heavy atom. The molecule has 0 fully saturated rings. The van der Waals surface area contributed by atoms with Crippen LogP contribution in [0.3, 0.4) is 0 Å². The molecule has 0 bridgehead atoms. The average Bonchev–Trinajstić information content (AvgIpc) is 2.44. The van der Waals surface area contributed by atoms with E-state index in [0.717, 1.165) is 6.07 Å². The molecule has 0 aliphatic heterocycles. The summed E-state index contributed by atoms with van der Waals surface area (Å²) in [5.41, 5.74) is -0.106. The van der Waals surface area contributed by atoms with Crippen LogP contribution in [0.5, 0.6) is 28.7 Å². The molecular weight excluding hydrogens is 276 g/mol. The molecule has 0 aliphatic carbocycles. The molecule has 2 aromatic rings. The van der Waals surface area contributed by atoms with Crippen molar-refractivity contribution in [2.24, 2.45) is 0 Å². The Kier molecular flexibility index (Phi) is 3.62. The van der Waals surface area contributed by atoms with Crippen LogP contribution in [0.4, 0.5) is 0 Å². The molecule has 2 rings (SSSR count). The summed E-state index contributed by atoms with van der Waals surface area (Å²) in [5, 5.41) is 48.0. The lowest BCUT2D eigenvalue weighted by Gasteiger charge is -2.11. The van der Waals surface area contributed by atoms with E-state index in [2.05, 4.69) is 0 Å². The van der Waals surface area contributed by atoms with Gasteiger partial charge in [-0.25, -0.2) is 0 Å². The van der Waals surface area contributed by atoms with E-state index in [1.165, 1.54) is 18.2 Å². The highest BCUT2D eigenvalue weighted by Crippen LogP contribution is 2.41. The van der Waals surface area contributed by atoms with Gasteiger partial charge in [-0.15, -0.1) is 0 Å². The molecular formula is C15H14O6. The minimum absolute atomic E-state index is 0.143. The number of rotatable bonds is 3. The number of hydrogen-bond donors (Lipinski definition) is 5. The van der Waals surface area contributed by atoms with Crippen LogP contribution in [0.1, 0.15) is 28.4 Å². The molecule has 5 N–H and O–H groups in total. The summed E-state index contributed by atoms with van der Waals surface area (Å²) < 4.78 is 0. The van der Waals surface area contributed by atoms with Crippen LogP contribution in [-0.4, -0.2) is 31.3 Å². The van der Waals surface area contributed by atoms with E-state index in [0.29, 0.717) is 6.42 Å². The number of aryl methyl sites for hydroxylation is 1. The second kappa shape index (κ2) is 5.24. The van der Waals surface area contributed by atoms with Gasteiger partial charge in [0.2, 0.25) is 11.5 Å². The second-order valence-electron chi connectivity index (χ2n) is 4.51. The summed E-state index contributed by atoms with van der Waals surface area (Å²) in [6.45, 7) is 1.71. The van der Waals surface area contributed by atoms with Gasteiger partial charge in [0.15, 0.2) is 11.5 Å². The highest BCUT2D eigenvalue weighted by Gasteiger charge is 2.23. The van der Waals surface area contributed by atoms with Crippen LogP contribution in [-0.2, 0) is 6.42 Å². The first-order valence-corrected chi connectivity index (χ1v) is 6.20. The van der Waals surface area contributed by atoms with Crippen LogP contribution in [0.2, 0.25) is 0 Å². The van der Waals surface area contributed by atoms with Crippen molar-refractivity contribution >= 4 is 5.78 Å². The van der Waals surface area contributed by atoms with E-state index >= 15 is 0 Å². The van der Waals surface area contributed by atoms with Crippen molar-refractivity contribution in [1.82, 2.24) is 0 Å². The third-order valence-electron chi connectivity index (χ3n) is 3.18. The summed E-state index contributed by atoms with van der Waals surface area (Å²) >= 11 is 0. The van der Waals surface area contributed by atoms with E-state index in [-0.39, 0.29) is 22.4 Å². The lowest BCUT2D eigenvalue weighted by molar-refractivity contribution is 0.103. The smallest absolute Gasteiger partial charge is 0.201 e. The van der Waals surface area contributed by atoms with E-state index < -0.39 is 28.8 Å². The minimum Gasteiger partial charge on any atom is -0.508 e. The molecule has 0 amide bonds. The van der Waals surface area contributed by atoms with Gasteiger partial charge in [-0.05, 0) is 30.2 Å². The number of aromatic hydroxyl groups is 5. The predicted octanol–water partition coefficient (Wildman–Crippen LogP) is 2.01. The zero-order valence-corrected chi connectivity index (χ0v) is 11.2. The Hall–Kier alpha value is -2.89. The first-order chi connectivity index (χ1) is 9.86. The van der Waals surface area contributed by atoms with E-state index in [1.807, 2.05) is 0 Å². The fraction of sp³-hybridized carbons (Fsp3) is 0.133. The Morgan fingerprint density at radius 3 is 2.14 bits per heavy atom. The van der Waals surface area contributed by atoms with Crippen molar-refractivity contribution in [3.05, 3.63) is 41.0 Å². The van der Waals surface area contributed by atoms with Crippen molar-refractivity contribution in [2.75, 3.05) is 0 Å². The molecule has 0 saturated heterocycles. The highest BCUT2D eigenvalue weighted by atomic mass is 16.3. The molecule has 0 unspecified atom stereocenters. The van der Waals surface area contributed by atoms with Gasteiger partial charge >= 0.3 is 0 Å². The van der Waals surface area contributed by atoms with Crippen molar-refractivity contribution in [3.63, 3.8) is 0 Å². The molecule has 110 valence electrons. The number of carbonyl (C=O) groups excluding carboxylic acids is 1. The molecule has 0 aliphatic rings. The third-order valence-corrected chi connectivity index (χ3v) is 3.18. The largest absolute Gasteiger partial charge is 0.508 e. The molecule has 0 spiro atoms. The Balaban J connectivity index is 2.61. The Bertz CT molecular complexity index is 721. The molecule has 0 aromatic heterocycles. The molecule has 0 saturated carbocycles. The monoisotopic (exact) mass is 290 g/mol. The SMILES string of the molecule is CCc1cc(C(=O)c2ccc(O)cc2O)c(O)c(O)c1O. The van der Waals surface area contributed by atoms with Crippen LogP contribution in [0.25, 0.3) is 0 Å². The molecule has 0 radical (unpaired) electrons. The number of ketones is 1. The first-order valence-electron chi connectivity index (χ1n) is 6.20. The highest BCUT2D eigenvalue weighted by molar-refractivity contribution is 6.13. The third kappa shape index (κ3) is 2.43. The van der Waals surface area contributed by atoms with Crippen LogP contribution < -0.4 is 0 Å². The lowest BCUT2D eigenvalue weighted by Crippen LogP contribution is -2.03. The number of hydrogen-bond acceptors (Lipinski definition) is 6. The maximum atomic E-state index is 12.3. The number of benzene rings is 2. The van der Waals surface area contributed by atoms with Gasteiger partial charge in [-0.1, -0.05) is 6.92 Å². The molecule has 0 heterocycles. The summed E-state index contributed by atoms with van der Waals surface area (Å²) in [5.74, 6) is -3.43. The molecule has 6 nitrogen and oxygen atoms in total. The topological polar surface area (TPSA) is 118 Å². The minimum atomic E-state index is -0.782. The fourth-order valence-corrected chi connectivity index (χ4v) is 2.00. The van der Waals surface area contributed by atoms with Gasteiger partial charge in [0.05, 0.1) is 11.1 Å². The van der Waals surface area contributed by atoms with Crippen LogP contribution >= 0.6 is 0 Å². The standard InChI is InChI=1S/C15H14O6/c1-2-7-5-10(14(20)15(21)12(7)18)13(19)9-4-3-8(16)6-11(9)17/h3-6,16-18,20-21H,2H2,1H3. The molecule has 0 atom stereocenters. The van der Waals surface area contributed by atoms with Crippen molar-refractivity contribution in [3.8, 4) is 28.7 Å². The number of phenolic OH excluding ortho intramolecular Hbond substituents is 5. The fourth-order valence-electron chi connectivity index (χ4n) is 2.00. The first kappa shape index (κ1) is 14.5. The van der Waals surface area contributed by atoms with E-state index in [4.69, 9.17) is 0 Å². The summed E-state index contributed by atoms with van der Waals surface area (Å²) in [6, 6.07) is 4.65. The van der Waals surface area contributed by atoms with Gasteiger partial charge in [0.25, 0.3) is 0 Å². The summed E-state index contributed by atoms with van der Waals surface area (Å²) in [4.78, 5) is 12.3. The van der Waals surface area contributed by atoms with E-state index in [1.54, 1.807) is 6.92 Å². The van der Waals surface area contributed by atoms with Gasteiger partial charge in [-0.2, -0.15) is 0 Å². The van der Waals surface area contributed by atoms with E-state index in [9.17, 15) is 30.3 Å². The zero-order valence-electron chi connectivity index (χ0n) is 11.2. The maximum absolute atomic E-state index is 12.3. The van der Waals surface area contributed by atoms with Crippen molar-refractivity contribution in [1.29, 1.82) is 0 Å². The van der Waals surface area contributed by atoms with Crippen molar-refractivity contribution in [2.45, 2.75) is 13.3 Å². The number of carbonyl (C=O) groups is 1. The van der Waals surface area contributed by atoms with Gasteiger partial charge < -0.3 is 25.5 Å². The maximum Gasteiger partial charge on any atom is 0.201 e. The van der Waals surface area contributed by atoms with Gasteiger partial charge in [0.1, 0.15) is 11.5 Å². The normalized spacial score (nSPS) is 10.5. The Labute approximate surface area is 120 Å². The summed E-state index contributed by atoms with van der Waals surface area (Å²) in [7, 11) is 0. The predicted molar refractivity (Wildman–Crippen MR) is 74.0 cm³/mol. The zero-order chi connectivity index (χ0) is 15.7.